The lowest BCUT2D eigenvalue weighted by atomic mass is 10.0. The highest BCUT2D eigenvalue weighted by atomic mass is 19.3. The zero-order valence-electron chi connectivity index (χ0n) is 11.2. The van der Waals surface area contributed by atoms with Gasteiger partial charge in [-0.2, -0.15) is 13.9 Å². The van der Waals surface area contributed by atoms with E-state index in [1.165, 1.54) is 6.07 Å². The fourth-order valence-corrected chi connectivity index (χ4v) is 2.10. The van der Waals surface area contributed by atoms with Crippen molar-refractivity contribution in [3.8, 4) is 5.75 Å². The Kier molecular flexibility index (Phi) is 4.68. The zero-order chi connectivity index (χ0) is 14.5. The van der Waals surface area contributed by atoms with E-state index in [2.05, 4.69) is 9.84 Å². The molecule has 2 rings (SSSR count). The molecule has 0 fully saturated rings. The van der Waals surface area contributed by atoms with Crippen LogP contribution >= 0.6 is 0 Å². The van der Waals surface area contributed by atoms with Crippen LogP contribution in [-0.4, -0.2) is 16.4 Å². The summed E-state index contributed by atoms with van der Waals surface area (Å²) in [7, 11) is 1.86. The highest BCUT2D eigenvalue weighted by molar-refractivity contribution is 5.35. The van der Waals surface area contributed by atoms with Crippen molar-refractivity contribution in [1.29, 1.82) is 0 Å². The van der Waals surface area contributed by atoms with E-state index in [9.17, 15) is 8.78 Å². The van der Waals surface area contributed by atoms with Crippen molar-refractivity contribution in [2.75, 3.05) is 0 Å². The first-order valence-electron chi connectivity index (χ1n) is 6.34. The number of alkyl halides is 2. The molecule has 0 bridgehead atoms. The number of hydrogen-bond acceptors (Lipinski definition) is 3. The fourth-order valence-electron chi connectivity index (χ4n) is 2.10. The number of ether oxygens (including phenoxy) is 1. The van der Waals surface area contributed by atoms with Gasteiger partial charge in [-0.05, 0) is 25.0 Å². The molecule has 0 saturated heterocycles. The Labute approximate surface area is 116 Å². The van der Waals surface area contributed by atoms with Crippen molar-refractivity contribution in [2.24, 2.45) is 12.8 Å². The number of aromatic nitrogens is 2. The summed E-state index contributed by atoms with van der Waals surface area (Å²) in [4.78, 5) is 0. The van der Waals surface area contributed by atoms with Gasteiger partial charge >= 0.3 is 6.61 Å². The molecule has 0 aliphatic heterocycles. The standard InChI is InChI=1S/C14H17F2N3O/c1-19-10(8-9-18-19)6-7-12(17)11-4-2-3-5-13(11)20-14(15)16/h2-5,8-9,12,14H,6-7,17H2,1H3. The van der Waals surface area contributed by atoms with Crippen LogP contribution in [0.15, 0.2) is 36.5 Å². The minimum atomic E-state index is -2.85. The quantitative estimate of drug-likeness (QED) is 0.885. The molecule has 4 nitrogen and oxygen atoms in total. The van der Waals surface area contributed by atoms with Crippen LogP contribution in [0, 0.1) is 0 Å². The number of nitrogens with zero attached hydrogens (tertiary/aromatic N) is 2. The fraction of sp³-hybridized carbons (Fsp3) is 0.357. The van der Waals surface area contributed by atoms with Gasteiger partial charge in [0.15, 0.2) is 0 Å². The van der Waals surface area contributed by atoms with E-state index < -0.39 is 6.61 Å². The summed E-state index contributed by atoms with van der Waals surface area (Å²) in [5.41, 5.74) is 7.73. The highest BCUT2D eigenvalue weighted by Crippen LogP contribution is 2.27. The molecule has 1 heterocycles. The maximum absolute atomic E-state index is 12.4. The van der Waals surface area contributed by atoms with E-state index in [-0.39, 0.29) is 11.8 Å². The third kappa shape index (κ3) is 3.54. The van der Waals surface area contributed by atoms with Crippen molar-refractivity contribution < 1.29 is 13.5 Å². The van der Waals surface area contributed by atoms with E-state index in [0.29, 0.717) is 12.0 Å². The van der Waals surface area contributed by atoms with Crippen molar-refractivity contribution in [3.05, 3.63) is 47.8 Å². The van der Waals surface area contributed by atoms with Crippen molar-refractivity contribution in [2.45, 2.75) is 25.5 Å². The monoisotopic (exact) mass is 281 g/mol. The lowest BCUT2D eigenvalue weighted by Gasteiger charge is -2.16. The van der Waals surface area contributed by atoms with Gasteiger partial charge in [0, 0.05) is 30.5 Å². The summed E-state index contributed by atoms with van der Waals surface area (Å²) in [6.45, 7) is -2.85. The van der Waals surface area contributed by atoms with Gasteiger partial charge in [0.2, 0.25) is 0 Å². The molecule has 1 aromatic carbocycles. The van der Waals surface area contributed by atoms with Gasteiger partial charge in [0.1, 0.15) is 5.75 Å². The van der Waals surface area contributed by atoms with Crippen LogP contribution in [0.1, 0.15) is 23.7 Å². The Morgan fingerprint density at radius 1 is 1.30 bits per heavy atom. The predicted molar refractivity (Wildman–Crippen MR) is 71.5 cm³/mol. The summed E-state index contributed by atoms with van der Waals surface area (Å²) in [6.07, 6.45) is 3.07. The van der Waals surface area contributed by atoms with Crippen LogP contribution in [0.3, 0.4) is 0 Å². The van der Waals surface area contributed by atoms with Crippen LogP contribution < -0.4 is 10.5 Å². The molecule has 0 aliphatic carbocycles. The summed E-state index contributed by atoms with van der Waals surface area (Å²) in [6, 6.07) is 8.18. The van der Waals surface area contributed by atoms with Crippen LogP contribution in [0.25, 0.3) is 0 Å². The largest absolute Gasteiger partial charge is 0.434 e. The van der Waals surface area contributed by atoms with Gasteiger partial charge < -0.3 is 10.5 Å². The highest BCUT2D eigenvalue weighted by Gasteiger charge is 2.15. The number of halogens is 2. The summed E-state index contributed by atoms with van der Waals surface area (Å²) >= 11 is 0. The average molecular weight is 281 g/mol. The second-order valence-electron chi connectivity index (χ2n) is 4.51. The van der Waals surface area contributed by atoms with E-state index in [4.69, 9.17) is 5.73 Å². The minimum Gasteiger partial charge on any atom is -0.434 e. The summed E-state index contributed by atoms with van der Waals surface area (Å²) in [5, 5.41) is 4.08. The molecule has 20 heavy (non-hydrogen) atoms. The first kappa shape index (κ1) is 14.5. The van der Waals surface area contributed by atoms with E-state index >= 15 is 0 Å². The number of hydrogen-bond donors (Lipinski definition) is 1. The molecule has 0 saturated carbocycles. The third-order valence-electron chi connectivity index (χ3n) is 3.17. The van der Waals surface area contributed by atoms with Gasteiger partial charge in [-0.15, -0.1) is 0 Å². The predicted octanol–water partition coefficient (Wildman–Crippen LogP) is 2.65. The Balaban J connectivity index is 2.05. The lowest BCUT2D eigenvalue weighted by molar-refractivity contribution is -0.0506. The van der Waals surface area contributed by atoms with Crippen LogP contribution in [-0.2, 0) is 13.5 Å². The Morgan fingerprint density at radius 2 is 2.05 bits per heavy atom. The Morgan fingerprint density at radius 3 is 2.70 bits per heavy atom. The lowest BCUT2D eigenvalue weighted by Crippen LogP contribution is -2.15. The molecule has 0 radical (unpaired) electrons. The first-order valence-corrected chi connectivity index (χ1v) is 6.34. The topological polar surface area (TPSA) is 53.1 Å². The van der Waals surface area contributed by atoms with Crippen molar-refractivity contribution >= 4 is 0 Å². The third-order valence-corrected chi connectivity index (χ3v) is 3.17. The minimum absolute atomic E-state index is 0.139. The van der Waals surface area contributed by atoms with Gasteiger partial charge in [-0.25, -0.2) is 0 Å². The average Bonchev–Trinajstić information content (AvgIpc) is 2.81. The van der Waals surface area contributed by atoms with Crippen molar-refractivity contribution in [1.82, 2.24) is 9.78 Å². The Bertz CT molecular complexity index is 557. The van der Waals surface area contributed by atoms with E-state index in [0.717, 1.165) is 12.1 Å². The first-order chi connectivity index (χ1) is 9.58. The molecular weight excluding hydrogens is 264 g/mol. The molecule has 0 spiro atoms. The number of para-hydroxylation sites is 1. The summed E-state index contributed by atoms with van der Waals surface area (Å²) in [5.74, 6) is 0.139. The van der Waals surface area contributed by atoms with Crippen molar-refractivity contribution in [3.63, 3.8) is 0 Å². The number of benzene rings is 1. The SMILES string of the molecule is Cn1nccc1CCC(N)c1ccccc1OC(F)F. The molecule has 1 atom stereocenters. The molecule has 108 valence electrons. The normalized spacial score (nSPS) is 12.7. The zero-order valence-corrected chi connectivity index (χ0v) is 11.2. The van der Waals surface area contributed by atoms with Gasteiger partial charge in [0.05, 0.1) is 0 Å². The number of aryl methyl sites for hydroxylation is 2. The maximum Gasteiger partial charge on any atom is 0.387 e. The number of rotatable bonds is 6. The van der Waals surface area contributed by atoms with Gasteiger partial charge in [0.25, 0.3) is 0 Å². The second-order valence-corrected chi connectivity index (χ2v) is 4.51. The van der Waals surface area contributed by atoms with Crippen LogP contribution in [0.4, 0.5) is 8.78 Å². The van der Waals surface area contributed by atoms with E-state index in [1.807, 2.05) is 13.1 Å². The smallest absolute Gasteiger partial charge is 0.387 e. The molecule has 0 amide bonds. The molecule has 1 unspecified atom stereocenters. The molecule has 2 N–H and O–H groups in total. The Hall–Kier alpha value is -1.95. The molecule has 6 heteroatoms. The second kappa shape index (κ2) is 6.47. The summed E-state index contributed by atoms with van der Waals surface area (Å²) < 4.78 is 31.0. The van der Waals surface area contributed by atoms with E-state index in [1.54, 1.807) is 29.1 Å². The van der Waals surface area contributed by atoms with Gasteiger partial charge in [-0.3, -0.25) is 4.68 Å². The molecule has 1 aromatic heterocycles. The van der Waals surface area contributed by atoms with Crippen LogP contribution in [0.5, 0.6) is 5.75 Å². The number of nitrogens with two attached hydrogens (primary N) is 1. The molecule has 2 aromatic rings. The molecule has 0 aliphatic rings. The molecular formula is C14H17F2N3O. The van der Waals surface area contributed by atoms with Gasteiger partial charge in [-0.1, -0.05) is 18.2 Å². The van der Waals surface area contributed by atoms with Crippen LogP contribution in [0.2, 0.25) is 0 Å². The maximum atomic E-state index is 12.4.